The Bertz CT molecular complexity index is 1360. The van der Waals surface area contributed by atoms with Gasteiger partial charge in [0.1, 0.15) is 10.7 Å². The van der Waals surface area contributed by atoms with Crippen LogP contribution in [-0.4, -0.2) is 54.2 Å². The van der Waals surface area contributed by atoms with Gasteiger partial charge < -0.3 is 15.3 Å². The van der Waals surface area contributed by atoms with E-state index in [1.165, 1.54) is 11.3 Å². The van der Waals surface area contributed by atoms with Crippen LogP contribution in [-0.2, 0) is 24.0 Å². The molecule has 34 heavy (non-hydrogen) atoms. The van der Waals surface area contributed by atoms with Crippen LogP contribution in [0.15, 0.2) is 48.1 Å². The quantitative estimate of drug-likeness (QED) is 0.441. The highest BCUT2D eigenvalue weighted by molar-refractivity contribution is 7.13. The molecule has 174 valence electrons. The van der Waals surface area contributed by atoms with Crippen molar-refractivity contribution in [2.45, 2.75) is 25.5 Å². The summed E-state index contributed by atoms with van der Waals surface area (Å²) in [6.45, 7) is 3.08. The lowest BCUT2D eigenvalue weighted by molar-refractivity contribution is -0.143. The number of carbonyl (C=O) groups is 1. The van der Waals surface area contributed by atoms with Crippen LogP contribution < -0.4 is 5.32 Å². The first-order valence-electron chi connectivity index (χ1n) is 10.9. The summed E-state index contributed by atoms with van der Waals surface area (Å²) < 4.78 is 1.79. The minimum atomic E-state index is -1.48. The highest BCUT2D eigenvalue weighted by Crippen LogP contribution is 2.36. The molecule has 1 fully saturated rings. The number of likely N-dealkylation sites (tertiary alicyclic amines) is 1. The molecule has 1 aliphatic rings. The number of thiazole rings is 1. The van der Waals surface area contributed by atoms with E-state index in [9.17, 15) is 9.90 Å². The smallest absolute Gasteiger partial charge is 0.258 e. The van der Waals surface area contributed by atoms with Crippen LogP contribution in [0.3, 0.4) is 0 Å². The van der Waals surface area contributed by atoms with Gasteiger partial charge in [0, 0.05) is 62.5 Å². The van der Waals surface area contributed by atoms with Gasteiger partial charge in [-0.05, 0) is 24.6 Å². The third-order valence-corrected chi connectivity index (χ3v) is 6.96. The molecule has 0 aliphatic carbocycles. The molecule has 1 aromatic carbocycles. The molecule has 0 bridgehead atoms. The minimum absolute atomic E-state index is 0.271. The maximum atomic E-state index is 12.5. The maximum absolute atomic E-state index is 12.5. The number of aryl methyl sites for hydroxylation is 2. The van der Waals surface area contributed by atoms with E-state index in [0.29, 0.717) is 36.7 Å². The van der Waals surface area contributed by atoms with E-state index >= 15 is 0 Å². The topological polar surface area (TPSA) is 109 Å². The molecule has 4 aromatic rings. The second-order valence-electron chi connectivity index (χ2n) is 8.49. The van der Waals surface area contributed by atoms with Crippen LogP contribution in [0.2, 0.25) is 0 Å². The lowest BCUT2D eigenvalue weighted by Crippen LogP contribution is -2.36. The van der Waals surface area contributed by atoms with Crippen LogP contribution in [0.5, 0.6) is 0 Å². The lowest BCUT2D eigenvalue weighted by Gasteiger charge is -2.21. The molecule has 1 saturated heterocycles. The van der Waals surface area contributed by atoms with Gasteiger partial charge >= 0.3 is 0 Å². The van der Waals surface area contributed by atoms with Crippen molar-refractivity contribution in [1.29, 1.82) is 0 Å². The van der Waals surface area contributed by atoms with Crippen molar-refractivity contribution in [3.63, 3.8) is 0 Å². The minimum Gasteiger partial charge on any atom is -0.375 e. The zero-order valence-corrected chi connectivity index (χ0v) is 20.0. The molecule has 9 nitrogen and oxygen atoms in total. The number of likely N-dealkylation sites (N-methyl/N-ethyl adjacent to an activating group) is 1. The molecule has 1 atom stereocenters. The van der Waals surface area contributed by atoms with Crippen molar-refractivity contribution in [3.05, 3.63) is 64.9 Å². The monoisotopic (exact) mass is 475 g/mol. The average Bonchev–Trinajstić information content (AvgIpc) is 3.53. The Labute approximate surface area is 201 Å². The first-order valence-corrected chi connectivity index (χ1v) is 11.8. The number of hydrogen-bond donors (Lipinski definition) is 2. The largest absolute Gasteiger partial charge is 0.375 e. The Hall–Kier alpha value is -3.63. The molecule has 0 radical (unpaired) electrons. The highest BCUT2D eigenvalue weighted by atomic mass is 32.1. The molecule has 0 saturated carbocycles. The summed E-state index contributed by atoms with van der Waals surface area (Å²) >= 11 is 1.49. The zero-order chi connectivity index (χ0) is 23.9. The Kier molecular flexibility index (Phi) is 5.62. The number of nitrogens with one attached hydrogen (secondary N) is 1. The van der Waals surface area contributed by atoms with Crippen LogP contribution >= 0.6 is 11.3 Å². The van der Waals surface area contributed by atoms with E-state index in [1.54, 1.807) is 28.9 Å². The summed E-state index contributed by atoms with van der Waals surface area (Å²) in [7, 11) is 3.60. The number of anilines is 1. The van der Waals surface area contributed by atoms with Gasteiger partial charge in [0.15, 0.2) is 5.60 Å². The number of rotatable bonds is 6. The van der Waals surface area contributed by atoms with Crippen molar-refractivity contribution in [2.24, 2.45) is 7.05 Å². The Balaban J connectivity index is 1.36. The van der Waals surface area contributed by atoms with Crippen LogP contribution in [0.4, 0.5) is 5.95 Å². The maximum Gasteiger partial charge on any atom is 0.258 e. The molecule has 1 amide bonds. The second-order valence-corrected chi connectivity index (χ2v) is 9.35. The highest BCUT2D eigenvalue weighted by Gasteiger charge is 2.45. The van der Waals surface area contributed by atoms with Crippen molar-refractivity contribution >= 4 is 23.2 Å². The SMILES string of the molecule is Cc1nn(C)cc1CNc1nccc(-c2csc(-c3cccc([C@]4(O)CCN(C)C4=O)c3)n2)n1. The van der Waals surface area contributed by atoms with Gasteiger partial charge in [-0.25, -0.2) is 15.0 Å². The van der Waals surface area contributed by atoms with Crippen molar-refractivity contribution in [3.8, 4) is 22.0 Å². The third-order valence-electron chi connectivity index (χ3n) is 6.07. The van der Waals surface area contributed by atoms with Gasteiger partial charge in [0.25, 0.3) is 5.91 Å². The van der Waals surface area contributed by atoms with Gasteiger partial charge in [0.05, 0.1) is 11.4 Å². The second kappa shape index (κ2) is 8.62. The fourth-order valence-electron chi connectivity index (χ4n) is 4.14. The number of aliphatic hydroxyl groups is 1. The number of hydrogen-bond acceptors (Lipinski definition) is 8. The van der Waals surface area contributed by atoms with E-state index < -0.39 is 5.60 Å². The average molecular weight is 476 g/mol. The van der Waals surface area contributed by atoms with Crippen LogP contribution in [0.1, 0.15) is 23.2 Å². The first-order chi connectivity index (χ1) is 16.3. The molecule has 5 rings (SSSR count). The van der Waals surface area contributed by atoms with Gasteiger partial charge in [-0.2, -0.15) is 5.10 Å². The van der Waals surface area contributed by atoms with Crippen molar-refractivity contribution < 1.29 is 9.90 Å². The number of benzene rings is 1. The fraction of sp³-hybridized carbons (Fsp3) is 0.292. The van der Waals surface area contributed by atoms with E-state index in [-0.39, 0.29) is 5.91 Å². The summed E-state index contributed by atoms with van der Waals surface area (Å²) in [6, 6.07) is 9.25. The fourth-order valence-corrected chi connectivity index (χ4v) is 4.95. The summed E-state index contributed by atoms with van der Waals surface area (Å²) in [4.78, 5) is 27.8. The molecule has 10 heteroatoms. The zero-order valence-electron chi connectivity index (χ0n) is 19.2. The van der Waals surface area contributed by atoms with E-state index in [2.05, 4.69) is 20.4 Å². The van der Waals surface area contributed by atoms with Gasteiger partial charge in [-0.1, -0.05) is 18.2 Å². The Morgan fingerprint density at radius 3 is 2.79 bits per heavy atom. The van der Waals surface area contributed by atoms with Gasteiger partial charge in [0.2, 0.25) is 5.95 Å². The standard InChI is InChI=1S/C24H25N7O2S/c1-15-17(13-31(3)29-15)12-26-23-25-9-7-19(28-23)20-14-34-21(27-20)16-5-4-6-18(11-16)24(33)8-10-30(2)22(24)32/h4-7,9,11,13-14,33H,8,10,12H2,1-3H3,(H,25,26,28)/t24-/m1/s1. The third kappa shape index (κ3) is 4.06. The summed E-state index contributed by atoms with van der Waals surface area (Å²) in [5.41, 5.74) is 3.47. The van der Waals surface area contributed by atoms with Crippen molar-refractivity contribution in [1.82, 2.24) is 29.6 Å². The number of carbonyl (C=O) groups excluding carboxylic acids is 1. The van der Waals surface area contributed by atoms with E-state index in [0.717, 1.165) is 27.5 Å². The summed E-state index contributed by atoms with van der Waals surface area (Å²) in [5, 5.41) is 21.3. The Morgan fingerprint density at radius 1 is 1.21 bits per heavy atom. The molecule has 0 spiro atoms. The van der Waals surface area contributed by atoms with Gasteiger partial charge in [-0.15, -0.1) is 11.3 Å². The van der Waals surface area contributed by atoms with Crippen molar-refractivity contribution in [2.75, 3.05) is 18.9 Å². The van der Waals surface area contributed by atoms with E-state index in [4.69, 9.17) is 4.98 Å². The number of nitrogens with zero attached hydrogens (tertiary/aromatic N) is 6. The molecule has 3 aromatic heterocycles. The first kappa shape index (κ1) is 22.2. The Morgan fingerprint density at radius 2 is 2.06 bits per heavy atom. The molecule has 4 heterocycles. The molecular weight excluding hydrogens is 450 g/mol. The number of aromatic nitrogens is 5. The molecular formula is C24H25N7O2S. The summed E-state index contributed by atoms with van der Waals surface area (Å²) in [5.74, 6) is 0.246. The normalized spacial score (nSPS) is 18.0. The predicted molar refractivity (Wildman–Crippen MR) is 130 cm³/mol. The molecule has 2 N–H and O–H groups in total. The molecule has 1 aliphatic heterocycles. The lowest BCUT2D eigenvalue weighted by atomic mass is 9.91. The number of amides is 1. The molecule has 0 unspecified atom stereocenters. The van der Waals surface area contributed by atoms with Crippen LogP contribution in [0.25, 0.3) is 22.0 Å². The van der Waals surface area contributed by atoms with Crippen LogP contribution in [0, 0.1) is 6.92 Å². The van der Waals surface area contributed by atoms with E-state index in [1.807, 2.05) is 49.8 Å². The van der Waals surface area contributed by atoms with Gasteiger partial charge in [-0.3, -0.25) is 9.48 Å². The predicted octanol–water partition coefficient (Wildman–Crippen LogP) is 2.97. The summed E-state index contributed by atoms with van der Waals surface area (Å²) in [6.07, 6.45) is 4.06.